The summed E-state index contributed by atoms with van der Waals surface area (Å²) in [6.07, 6.45) is 2.36. The average molecular weight is 531 g/mol. The largest absolute Gasteiger partial charge is 0.316 e. The van der Waals surface area contributed by atoms with Crippen LogP contribution in [0.15, 0.2) is 124 Å². The summed E-state index contributed by atoms with van der Waals surface area (Å²) in [4.78, 5) is 0. The molecule has 4 rings (SSSR count). The molecule has 0 aliphatic carbocycles. The minimum absolute atomic E-state index is 0.207. The number of unbranched alkanes of at least 4 members (excludes halogenated alkanes) is 1. The van der Waals surface area contributed by atoms with Gasteiger partial charge in [-0.05, 0) is 53.4 Å². The molecule has 0 saturated carbocycles. The monoisotopic (exact) mass is 530 g/mol. The van der Waals surface area contributed by atoms with Gasteiger partial charge in [0.2, 0.25) is 0 Å². The summed E-state index contributed by atoms with van der Waals surface area (Å²) in [5, 5.41) is 6.39. The minimum atomic E-state index is -2.27. The smallest absolute Gasteiger partial charge is 0.0622 e. The number of benzene rings is 4. The predicted octanol–water partition coefficient (Wildman–Crippen LogP) is 8.06. The average Bonchev–Trinajstić information content (AvgIpc) is 2.90. The van der Waals surface area contributed by atoms with Crippen molar-refractivity contribution < 1.29 is 0 Å². The molecule has 0 saturated heterocycles. The molecule has 4 heteroatoms. The number of hydrogen-bond donors (Lipinski definition) is 1. The summed E-state index contributed by atoms with van der Waals surface area (Å²) >= 11 is 3.59. The summed E-state index contributed by atoms with van der Waals surface area (Å²) in [5.74, 6) is 0. The second-order valence-corrected chi connectivity index (χ2v) is 12.6. The maximum absolute atomic E-state index is 5.70. The van der Waals surface area contributed by atoms with Crippen LogP contribution in [0.1, 0.15) is 31.0 Å². The first-order valence-electron chi connectivity index (χ1n) is 12.0. The van der Waals surface area contributed by atoms with E-state index in [1.54, 1.807) is 0 Å². The van der Waals surface area contributed by atoms with Gasteiger partial charge < -0.3 is 5.32 Å². The van der Waals surface area contributed by atoms with Crippen molar-refractivity contribution in [1.82, 2.24) is 5.32 Å². The highest BCUT2D eigenvalue weighted by molar-refractivity contribution is 9.10. The number of rotatable bonds is 10. The molecule has 0 aliphatic rings. The molecular formula is C30H32BrN2P. The Kier molecular flexibility index (Phi) is 8.93. The summed E-state index contributed by atoms with van der Waals surface area (Å²) in [6, 6.07) is 41.2. The zero-order valence-electron chi connectivity index (χ0n) is 19.6. The second kappa shape index (κ2) is 12.3. The summed E-state index contributed by atoms with van der Waals surface area (Å²) in [7, 11) is -2.27. The van der Waals surface area contributed by atoms with Gasteiger partial charge in [0, 0.05) is 23.7 Å². The predicted molar refractivity (Wildman–Crippen MR) is 152 cm³/mol. The molecule has 0 aliphatic heterocycles. The van der Waals surface area contributed by atoms with Gasteiger partial charge >= 0.3 is 0 Å². The van der Waals surface area contributed by atoms with Crippen molar-refractivity contribution in [1.29, 1.82) is 0 Å². The van der Waals surface area contributed by atoms with Crippen LogP contribution < -0.4 is 15.9 Å². The van der Waals surface area contributed by atoms with Gasteiger partial charge in [-0.3, -0.25) is 4.74 Å². The molecule has 1 atom stereocenters. The van der Waals surface area contributed by atoms with E-state index in [-0.39, 0.29) is 5.66 Å². The van der Waals surface area contributed by atoms with E-state index in [1.165, 1.54) is 29.0 Å². The topological polar surface area (TPSA) is 24.4 Å². The number of nitrogens with one attached hydrogen (secondary N) is 1. The molecule has 0 radical (unpaired) electrons. The van der Waals surface area contributed by atoms with Crippen molar-refractivity contribution in [3.63, 3.8) is 0 Å². The van der Waals surface area contributed by atoms with Crippen molar-refractivity contribution in [2.24, 2.45) is 4.74 Å². The van der Waals surface area contributed by atoms with Gasteiger partial charge in [-0.15, -0.1) is 0 Å². The Morgan fingerprint density at radius 1 is 0.735 bits per heavy atom. The van der Waals surface area contributed by atoms with E-state index < -0.39 is 7.05 Å². The zero-order valence-corrected chi connectivity index (χ0v) is 22.1. The van der Waals surface area contributed by atoms with Crippen molar-refractivity contribution >= 4 is 39.3 Å². The van der Waals surface area contributed by atoms with E-state index in [4.69, 9.17) is 4.74 Å². The Labute approximate surface area is 212 Å². The van der Waals surface area contributed by atoms with Crippen molar-refractivity contribution in [2.75, 3.05) is 13.1 Å². The molecule has 1 unspecified atom stereocenters. The maximum Gasteiger partial charge on any atom is 0.0622 e. The molecule has 4 aromatic carbocycles. The molecule has 1 N–H and O–H groups in total. The third-order valence-corrected chi connectivity index (χ3v) is 10.7. The Morgan fingerprint density at radius 3 is 1.79 bits per heavy atom. The van der Waals surface area contributed by atoms with E-state index >= 15 is 0 Å². The van der Waals surface area contributed by atoms with E-state index in [2.05, 4.69) is 143 Å². The Bertz CT molecular complexity index is 1150. The first-order valence-corrected chi connectivity index (χ1v) is 14.6. The molecule has 0 spiro atoms. The maximum atomic E-state index is 5.70. The van der Waals surface area contributed by atoms with E-state index in [0.29, 0.717) is 0 Å². The second-order valence-electron chi connectivity index (χ2n) is 8.42. The highest BCUT2D eigenvalue weighted by atomic mass is 79.9. The van der Waals surface area contributed by atoms with Gasteiger partial charge in [-0.1, -0.05) is 120 Å². The van der Waals surface area contributed by atoms with Crippen molar-refractivity contribution in [3.8, 4) is 0 Å². The normalized spacial score (nSPS) is 12.3. The first kappa shape index (κ1) is 24.7. The highest BCUT2D eigenvalue weighted by Gasteiger charge is 2.35. The highest BCUT2D eigenvalue weighted by Crippen LogP contribution is 2.61. The quantitative estimate of drug-likeness (QED) is 0.162. The zero-order chi connectivity index (χ0) is 23.6. The van der Waals surface area contributed by atoms with Crippen LogP contribution in [0.4, 0.5) is 5.69 Å². The van der Waals surface area contributed by atoms with Gasteiger partial charge in [0.05, 0.1) is 5.69 Å². The van der Waals surface area contributed by atoms with Crippen LogP contribution >= 0.6 is 23.0 Å². The summed E-state index contributed by atoms with van der Waals surface area (Å²) in [5.41, 5.74) is 2.55. The van der Waals surface area contributed by atoms with Gasteiger partial charge in [-0.2, -0.15) is 0 Å². The van der Waals surface area contributed by atoms with E-state index in [9.17, 15) is 0 Å². The Morgan fingerprint density at radius 2 is 1.26 bits per heavy atom. The standard InChI is InChI=1S/C30H32BrN2P/c1-2-3-23-32-24-30(25-13-7-4-8-14-25)34(28-15-9-5-10-16-28,29-17-11-6-12-18-29)33-27-21-19-26(31)20-22-27/h4-22,30,32H,2-3,23-24H2,1H3. The van der Waals surface area contributed by atoms with Gasteiger partial charge in [0.15, 0.2) is 0 Å². The van der Waals surface area contributed by atoms with Crippen molar-refractivity contribution in [2.45, 2.75) is 25.4 Å². The number of nitrogens with zero attached hydrogens (tertiary/aromatic N) is 1. The van der Waals surface area contributed by atoms with Crippen LogP contribution in [0.25, 0.3) is 0 Å². The lowest BCUT2D eigenvalue weighted by molar-refractivity contribution is 0.632. The molecule has 0 aromatic heterocycles. The SMILES string of the molecule is CCCCNCC(c1ccccc1)P(=Nc1ccc(Br)cc1)(c1ccccc1)c1ccccc1. The van der Waals surface area contributed by atoms with Crippen LogP contribution in [-0.2, 0) is 0 Å². The fourth-order valence-electron chi connectivity index (χ4n) is 4.38. The molecule has 34 heavy (non-hydrogen) atoms. The molecule has 0 heterocycles. The number of halogens is 1. The third kappa shape index (κ3) is 5.78. The van der Waals surface area contributed by atoms with Crippen LogP contribution in [0.2, 0.25) is 0 Å². The Hall–Kier alpha value is -2.45. The third-order valence-electron chi connectivity index (χ3n) is 6.08. The molecule has 4 aromatic rings. The number of hydrogen-bond acceptors (Lipinski definition) is 2. The van der Waals surface area contributed by atoms with Gasteiger partial charge in [0.1, 0.15) is 0 Å². The molecule has 0 bridgehead atoms. The van der Waals surface area contributed by atoms with Crippen LogP contribution in [0.3, 0.4) is 0 Å². The van der Waals surface area contributed by atoms with E-state index in [1.807, 2.05) is 0 Å². The van der Waals surface area contributed by atoms with Crippen molar-refractivity contribution in [3.05, 3.63) is 125 Å². The molecule has 0 amide bonds. The lowest BCUT2D eigenvalue weighted by Gasteiger charge is -2.35. The Balaban J connectivity index is 2.02. The van der Waals surface area contributed by atoms with E-state index in [0.717, 1.165) is 23.2 Å². The van der Waals surface area contributed by atoms with Crippen LogP contribution in [0.5, 0.6) is 0 Å². The van der Waals surface area contributed by atoms with Gasteiger partial charge in [-0.25, -0.2) is 0 Å². The lowest BCUT2D eigenvalue weighted by atomic mass is 10.1. The molecule has 2 nitrogen and oxygen atoms in total. The lowest BCUT2D eigenvalue weighted by Crippen LogP contribution is -2.29. The molecule has 0 fully saturated rings. The van der Waals surface area contributed by atoms with Crippen LogP contribution in [0, 0.1) is 0 Å². The molecular weight excluding hydrogens is 499 g/mol. The van der Waals surface area contributed by atoms with Crippen LogP contribution in [-0.4, -0.2) is 13.1 Å². The minimum Gasteiger partial charge on any atom is -0.316 e. The summed E-state index contributed by atoms with van der Waals surface area (Å²) < 4.78 is 6.76. The molecule has 174 valence electrons. The summed E-state index contributed by atoms with van der Waals surface area (Å²) in [6.45, 7) is 4.13. The fraction of sp³-hybridized carbons (Fsp3) is 0.200. The first-order chi connectivity index (χ1) is 16.7. The van der Waals surface area contributed by atoms with Gasteiger partial charge in [0.25, 0.3) is 0 Å². The fourth-order valence-corrected chi connectivity index (χ4v) is 8.78.